The van der Waals surface area contributed by atoms with Crippen molar-refractivity contribution in [2.75, 3.05) is 17.6 Å². The van der Waals surface area contributed by atoms with Gasteiger partial charge in [-0.2, -0.15) is 0 Å². The van der Waals surface area contributed by atoms with Crippen molar-refractivity contribution < 1.29 is 0 Å². The predicted molar refractivity (Wildman–Crippen MR) is 73.9 cm³/mol. The number of benzene rings is 1. The number of nitrogens with one attached hydrogen (secondary N) is 2. The Hall–Kier alpha value is -1.40. The number of fused-ring (bicyclic) bond motifs is 1. The molecule has 0 atom stereocenters. The summed E-state index contributed by atoms with van der Waals surface area (Å²) in [5.41, 5.74) is 7.45. The van der Waals surface area contributed by atoms with E-state index >= 15 is 0 Å². The number of nitrogen functional groups attached to an aromatic ring is 1. The lowest BCUT2D eigenvalue weighted by molar-refractivity contribution is 0.979. The molecule has 1 aromatic heterocycles. The first kappa shape index (κ1) is 11.1. The highest BCUT2D eigenvalue weighted by atomic mass is 32.1. The first-order valence-corrected chi connectivity index (χ1v) is 6.12. The molecular weight excluding hydrogens is 240 g/mol. The van der Waals surface area contributed by atoms with Gasteiger partial charge in [0.1, 0.15) is 0 Å². The molecule has 0 bridgehead atoms. The minimum absolute atomic E-state index is 0.585. The molecule has 2 rings (SSSR count). The summed E-state index contributed by atoms with van der Waals surface area (Å²) < 4.78 is 1.08. The fourth-order valence-corrected chi connectivity index (χ4v) is 2.34. The van der Waals surface area contributed by atoms with Crippen LogP contribution >= 0.6 is 23.6 Å². The van der Waals surface area contributed by atoms with Crippen molar-refractivity contribution in [2.24, 2.45) is 0 Å². The summed E-state index contributed by atoms with van der Waals surface area (Å²) in [7, 11) is 0. The van der Waals surface area contributed by atoms with Crippen LogP contribution in [-0.2, 0) is 0 Å². The van der Waals surface area contributed by atoms with E-state index in [9.17, 15) is 0 Å². The molecule has 0 amide bonds. The quantitative estimate of drug-likeness (QED) is 0.715. The van der Waals surface area contributed by atoms with Crippen LogP contribution in [0.25, 0.3) is 10.2 Å². The van der Waals surface area contributed by atoms with E-state index in [1.54, 1.807) is 0 Å². The molecular formula is C10H12N4S2. The Labute approximate surface area is 103 Å². The third-order valence-corrected chi connectivity index (χ3v) is 3.11. The molecule has 0 fully saturated rings. The van der Waals surface area contributed by atoms with E-state index < -0.39 is 0 Å². The lowest BCUT2D eigenvalue weighted by atomic mass is 10.3. The summed E-state index contributed by atoms with van der Waals surface area (Å²) in [5.74, 6) is 0. The first-order chi connectivity index (χ1) is 7.69. The third-order valence-electron chi connectivity index (χ3n) is 2.00. The van der Waals surface area contributed by atoms with Crippen molar-refractivity contribution in [1.29, 1.82) is 0 Å². The molecule has 6 heteroatoms. The van der Waals surface area contributed by atoms with E-state index in [1.165, 1.54) is 11.3 Å². The lowest BCUT2D eigenvalue weighted by Crippen LogP contribution is -2.27. The van der Waals surface area contributed by atoms with Crippen molar-refractivity contribution >= 4 is 49.7 Å². The number of thiocarbonyl (C=S) groups is 1. The second-order valence-corrected chi connectivity index (χ2v) is 4.69. The van der Waals surface area contributed by atoms with Crippen molar-refractivity contribution in [3.8, 4) is 0 Å². The van der Waals surface area contributed by atoms with Gasteiger partial charge in [-0.25, -0.2) is 4.98 Å². The average molecular weight is 252 g/mol. The Kier molecular flexibility index (Phi) is 3.21. The summed E-state index contributed by atoms with van der Waals surface area (Å²) in [6, 6.07) is 5.88. The van der Waals surface area contributed by atoms with Crippen LogP contribution in [0.3, 0.4) is 0 Å². The van der Waals surface area contributed by atoms with Crippen molar-refractivity contribution in [1.82, 2.24) is 10.3 Å². The van der Waals surface area contributed by atoms with Gasteiger partial charge in [0.05, 0.1) is 10.2 Å². The zero-order valence-electron chi connectivity index (χ0n) is 8.78. The van der Waals surface area contributed by atoms with E-state index in [2.05, 4.69) is 15.6 Å². The molecule has 2 aromatic rings. The zero-order chi connectivity index (χ0) is 11.5. The summed E-state index contributed by atoms with van der Waals surface area (Å²) in [6.45, 7) is 2.80. The van der Waals surface area contributed by atoms with Gasteiger partial charge in [0.25, 0.3) is 0 Å². The smallest absolute Gasteiger partial charge is 0.181 e. The molecule has 1 heterocycles. The highest BCUT2D eigenvalue weighted by molar-refractivity contribution is 7.80. The lowest BCUT2D eigenvalue weighted by Gasteiger charge is -2.08. The maximum absolute atomic E-state index is 5.64. The molecule has 4 N–H and O–H groups in total. The molecule has 0 aliphatic carbocycles. The number of rotatable bonds is 2. The number of hydrogen-bond acceptors (Lipinski definition) is 4. The minimum atomic E-state index is 0.585. The van der Waals surface area contributed by atoms with Gasteiger partial charge in [0.2, 0.25) is 0 Å². The van der Waals surface area contributed by atoms with Crippen molar-refractivity contribution in [3.05, 3.63) is 18.2 Å². The Morgan fingerprint density at radius 2 is 2.38 bits per heavy atom. The number of anilines is 2. The van der Waals surface area contributed by atoms with Gasteiger partial charge in [-0.1, -0.05) is 11.3 Å². The molecule has 0 saturated heterocycles. The normalized spacial score (nSPS) is 10.3. The minimum Gasteiger partial charge on any atom is -0.375 e. The molecule has 84 valence electrons. The number of aromatic nitrogens is 1. The van der Waals surface area contributed by atoms with E-state index in [0.717, 1.165) is 22.4 Å². The Morgan fingerprint density at radius 1 is 1.56 bits per heavy atom. The molecule has 0 aliphatic rings. The number of nitrogens with two attached hydrogens (primary N) is 1. The molecule has 0 aliphatic heterocycles. The Morgan fingerprint density at radius 3 is 3.12 bits per heavy atom. The van der Waals surface area contributed by atoms with E-state index in [1.807, 2.05) is 25.1 Å². The van der Waals surface area contributed by atoms with Crippen molar-refractivity contribution in [2.45, 2.75) is 6.92 Å². The summed E-state index contributed by atoms with van der Waals surface area (Å²) >= 11 is 6.58. The second kappa shape index (κ2) is 4.63. The summed E-state index contributed by atoms with van der Waals surface area (Å²) in [5, 5.41) is 7.31. The maximum Gasteiger partial charge on any atom is 0.181 e. The highest BCUT2D eigenvalue weighted by Gasteiger charge is 2.02. The van der Waals surface area contributed by atoms with Crippen LogP contribution in [0.4, 0.5) is 10.8 Å². The van der Waals surface area contributed by atoms with Crippen LogP contribution in [0.1, 0.15) is 6.92 Å². The van der Waals surface area contributed by atoms with Gasteiger partial charge >= 0.3 is 0 Å². The van der Waals surface area contributed by atoms with E-state index in [4.69, 9.17) is 18.0 Å². The van der Waals surface area contributed by atoms with Crippen LogP contribution in [0.15, 0.2) is 18.2 Å². The van der Waals surface area contributed by atoms with E-state index in [0.29, 0.717) is 10.2 Å². The fourth-order valence-electron chi connectivity index (χ4n) is 1.36. The largest absolute Gasteiger partial charge is 0.375 e. The molecule has 0 radical (unpaired) electrons. The van der Waals surface area contributed by atoms with E-state index in [-0.39, 0.29) is 0 Å². The van der Waals surface area contributed by atoms with Gasteiger partial charge in [0, 0.05) is 12.2 Å². The maximum atomic E-state index is 5.64. The SMILES string of the molecule is CCNC(=S)Nc1ccc2sc(N)nc2c1. The predicted octanol–water partition coefficient (Wildman–Crippen LogP) is 2.18. The Balaban J connectivity index is 2.22. The molecule has 1 aromatic carbocycles. The van der Waals surface area contributed by atoms with Crippen LogP contribution in [0, 0.1) is 0 Å². The number of nitrogens with zero attached hydrogens (tertiary/aromatic N) is 1. The van der Waals surface area contributed by atoms with Crippen LogP contribution in [0.5, 0.6) is 0 Å². The molecule has 0 unspecified atom stereocenters. The Bertz CT molecular complexity index is 521. The summed E-state index contributed by atoms with van der Waals surface area (Å²) in [6.07, 6.45) is 0. The average Bonchev–Trinajstić information content (AvgIpc) is 2.57. The summed E-state index contributed by atoms with van der Waals surface area (Å²) in [4.78, 5) is 4.22. The monoisotopic (exact) mass is 252 g/mol. The number of hydrogen-bond donors (Lipinski definition) is 3. The van der Waals surface area contributed by atoms with Crippen molar-refractivity contribution in [3.63, 3.8) is 0 Å². The van der Waals surface area contributed by atoms with Gasteiger partial charge in [-0.05, 0) is 37.3 Å². The van der Waals surface area contributed by atoms with Gasteiger partial charge < -0.3 is 16.4 Å². The van der Waals surface area contributed by atoms with Crippen LogP contribution in [0.2, 0.25) is 0 Å². The van der Waals surface area contributed by atoms with Gasteiger partial charge in [-0.3, -0.25) is 0 Å². The van der Waals surface area contributed by atoms with Gasteiger partial charge in [-0.15, -0.1) is 0 Å². The molecule has 16 heavy (non-hydrogen) atoms. The third kappa shape index (κ3) is 2.40. The highest BCUT2D eigenvalue weighted by Crippen LogP contribution is 2.25. The molecule has 0 saturated carbocycles. The molecule has 0 spiro atoms. The molecule has 4 nitrogen and oxygen atoms in total. The first-order valence-electron chi connectivity index (χ1n) is 4.90. The second-order valence-electron chi connectivity index (χ2n) is 3.22. The fraction of sp³-hybridized carbons (Fsp3) is 0.200. The topological polar surface area (TPSA) is 63.0 Å². The van der Waals surface area contributed by atoms with Gasteiger partial charge in [0.15, 0.2) is 10.2 Å². The standard InChI is InChI=1S/C10H12N4S2/c1-2-12-10(15)13-6-3-4-8-7(5-6)14-9(11)16-8/h3-5H,2H2,1H3,(H2,11,14)(H2,12,13,15). The van der Waals surface area contributed by atoms with Crippen LogP contribution < -0.4 is 16.4 Å². The van der Waals surface area contributed by atoms with Crippen LogP contribution in [-0.4, -0.2) is 16.6 Å². The number of thiazole rings is 1. The zero-order valence-corrected chi connectivity index (χ0v) is 10.4.